The fourth-order valence-corrected chi connectivity index (χ4v) is 7.38. The maximum Gasteiger partial charge on any atom is 0.306 e. The summed E-state index contributed by atoms with van der Waals surface area (Å²) in [6.07, 6.45) is 40.4. The van der Waals surface area contributed by atoms with E-state index in [1.807, 2.05) is 0 Å². The number of unbranched alkanes of at least 4 members (excludes halogenated alkanes) is 24. The highest BCUT2D eigenvalue weighted by molar-refractivity contribution is 5.69. The van der Waals surface area contributed by atoms with Crippen molar-refractivity contribution in [1.82, 2.24) is 0 Å². The SMILES string of the molecule is CCCCCCCCC(CCCCCCCC)OC(=O)CCCCCOCC(C=O)OCCCCCC(=O)OC(CCCCCCCC)CCCCCCCC. The molecule has 0 spiro atoms. The molecule has 0 fully saturated rings. The highest BCUT2D eigenvalue weighted by Gasteiger charge is 2.16. The molecule has 0 aliphatic heterocycles. The fraction of sp³-hybridized carbons (Fsp3) is 0.939. The predicted octanol–water partition coefficient (Wildman–Crippen LogP) is 14.5. The molecule has 7 nitrogen and oxygen atoms in total. The Morgan fingerprint density at radius 3 is 1.09 bits per heavy atom. The minimum absolute atomic E-state index is 0.0598. The van der Waals surface area contributed by atoms with Crippen LogP contribution in [0.5, 0.6) is 0 Å². The van der Waals surface area contributed by atoms with Crippen molar-refractivity contribution in [1.29, 1.82) is 0 Å². The van der Waals surface area contributed by atoms with Gasteiger partial charge in [0, 0.05) is 26.1 Å². The molecule has 0 bridgehead atoms. The number of ether oxygens (including phenoxy) is 4. The Labute approximate surface area is 347 Å². The summed E-state index contributed by atoms with van der Waals surface area (Å²) < 4.78 is 23.4. The normalized spacial score (nSPS) is 12.1. The van der Waals surface area contributed by atoms with Crippen molar-refractivity contribution in [2.45, 2.75) is 277 Å². The molecule has 1 unspecified atom stereocenters. The molecular weight excluding hydrogens is 701 g/mol. The molecule has 0 radical (unpaired) electrons. The maximum atomic E-state index is 12.7. The van der Waals surface area contributed by atoms with E-state index in [9.17, 15) is 14.4 Å². The quantitative estimate of drug-likeness (QED) is 0.0344. The van der Waals surface area contributed by atoms with E-state index in [-0.39, 0.29) is 30.8 Å². The van der Waals surface area contributed by atoms with E-state index in [4.69, 9.17) is 18.9 Å². The lowest BCUT2D eigenvalue weighted by Gasteiger charge is -2.18. The molecule has 0 aromatic carbocycles. The molecule has 0 saturated heterocycles. The Morgan fingerprint density at radius 1 is 0.411 bits per heavy atom. The van der Waals surface area contributed by atoms with Crippen molar-refractivity contribution in [2.24, 2.45) is 0 Å². The van der Waals surface area contributed by atoms with Gasteiger partial charge < -0.3 is 23.7 Å². The second kappa shape index (κ2) is 44.6. The van der Waals surface area contributed by atoms with Crippen LogP contribution < -0.4 is 0 Å². The maximum absolute atomic E-state index is 12.7. The first-order valence-electron chi connectivity index (χ1n) is 24.5. The van der Waals surface area contributed by atoms with E-state index in [0.29, 0.717) is 26.1 Å². The fourth-order valence-electron chi connectivity index (χ4n) is 7.38. The van der Waals surface area contributed by atoms with Crippen LogP contribution in [0.2, 0.25) is 0 Å². The molecule has 0 heterocycles. The molecule has 56 heavy (non-hydrogen) atoms. The van der Waals surface area contributed by atoms with Crippen LogP contribution in [0.4, 0.5) is 0 Å². The van der Waals surface area contributed by atoms with Crippen molar-refractivity contribution in [3.63, 3.8) is 0 Å². The van der Waals surface area contributed by atoms with Crippen molar-refractivity contribution >= 4 is 18.2 Å². The first-order valence-corrected chi connectivity index (χ1v) is 24.5. The van der Waals surface area contributed by atoms with Gasteiger partial charge in [-0.3, -0.25) is 9.59 Å². The van der Waals surface area contributed by atoms with Gasteiger partial charge in [-0.2, -0.15) is 0 Å². The Bertz CT molecular complexity index is 801. The summed E-state index contributed by atoms with van der Waals surface area (Å²) in [6, 6.07) is 0. The lowest BCUT2D eigenvalue weighted by molar-refractivity contribution is -0.151. The summed E-state index contributed by atoms with van der Waals surface area (Å²) in [6.45, 7) is 10.3. The molecular formula is C49H94O7. The van der Waals surface area contributed by atoms with Crippen LogP contribution in [0.15, 0.2) is 0 Å². The molecule has 1 atom stereocenters. The number of hydrogen-bond acceptors (Lipinski definition) is 7. The summed E-state index contributed by atoms with van der Waals surface area (Å²) >= 11 is 0. The minimum atomic E-state index is -0.574. The smallest absolute Gasteiger partial charge is 0.306 e. The average Bonchev–Trinajstić information content (AvgIpc) is 3.19. The van der Waals surface area contributed by atoms with Gasteiger partial charge >= 0.3 is 11.9 Å². The summed E-state index contributed by atoms with van der Waals surface area (Å²) in [7, 11) is 0. The van der Waals surface area contributed by atoms with Crippen LogP contribution in [0.1, 0.15) is 259 Å². The van der Waals surface area contributed by atoms with Gasteiger partial charge in [0.15, 0.2) is 6.29 Å². The summed E-state index contributed by atoms with van der Waals surface area (Å²) in [5.41, 5.74) is 0. The van der Waals surface area contributed by atoms with Gasteiger partial charge in [0.2, 0.25) is 0 Å². The van der Waals surface area contributed by atoms with E-state index in [1.54, 1.807) is 0 Å². The first-order chi connectivity index (χ1) is 27.5. The Morgan fingerprint density at radius 2 is 0.732 bits per heavy atom. The van der Waals surface area contributed by atoms with Crippen LogP contribution in [0.25, 0.3) is 0 Å². The van der Waals surface area contributed by atoms with E-state index in [1.165, 1.54) is 128 Å². The molecule has 0 aromatic heterocycles. The molecule has 0 saturated carbocycles. The van der Waals surface area contributed by atoms with Gasteiger partial charge in [-0.25, -0.2) is 0 Å². The van der Waals surface area contributed by atoms with E-state index < -0.39 is 6.10 Å². The second-order valence-corrected chi connectivity index (χ2v) is 16.7. The number of carbonyl (C=O) groups is 3. The van der Waals surface area contributed by atoms with Crippen molar-refractivity contribution in [2.75, 3.05) is 19.8 Å². The Balaban J connectivity index is 4.16. The lowest BCUT2D eigenvalue weighted by atomic mass is 10.0. The largest absolute Gasteiger partial charge is 0.462 e. The van der Waals surface area contributed by atoms with Crippen LogP contribution >= 0.6 is 0 Å². The molecule has 0 amide bonds. The van der Waals surface area contributed by atoms with Crippen LogP contribution in [0, 0.1) is 0 Å². The van der Waals surface area contributed by atoms with Crippen LogP contribution in [0.3, 0.4) is 0 Å². The molecule has 0 aliphatic rings. The molecule has 0 aromatic rings. The van der Waals surface area contributed by atoms with Gasteiger partial charge in [0.25, 0.3) is 0 Å². The minimum Gasteiger partial charge on any atom is -0.462 e. The van der Waals surface area contributed by atoms with Gasteiger partial charge in [-0.05, 0) is 77.0 Å². The monoisotopic (exact) mass is 795 g/mol. The highest BCUT2D eigenvalue weighted by Crippen LogP contribution is 2.20. The van der Waals surface area contributed by atoms with Crippen LogP contribution in [-0.4, -0.2) is 56.4 Å². The van der Waals surface area contributed by atoms with Crippen molar-refractivity contribution in [3.8, 4) is 0 Å². The third-order valence-corrected chi connectivity index (χ3v) is 11.1. The molecule has 0 N–H and O–H groups in total. The van der Waals surface area contributed by atoms with Crippen LogP contribution in [-0.2, 0) is 33.3 Å². The third-order valence-electron chi connectivity index (χ3n) is 11.1. The number of hydrogen-bond donors (Lipinski definition) is 0. The van der Waals surface area contributed by atoms with Gasteiger partial charge in [0.05, 0.1) is 6.61 Å². The Kier molecular flexibility index (Phi) is 43.5. The molecule has 332 valence electrons. The molecule has 7 heteroatoms. The summed E-state index contributed by atoms with van der Waals surface area (Å²) in [4.78, 5) is 36.9. The van der Waals surface area contributed by atoms with Gasteiger partial charge in [-0.1, -0.05) is 169 Å². The Hall–Kier alpha value is -1.47. The zero-order chi connectivity index (χ0) is 41.0. The number of aldehydes is 1. The van der Waals surface area contributed by atoms with E-state index in [2.05, 4.69) is 27.7 Å². The summed E-state index contributed by atoms with van der Waals surface area (Å²) in [5, 5.41) is 0. The standard InChI is InChI=1S/C49H94O7/c1-5-9-13-17-21-27-35-45(36-28-22-18-14-10-6-2)55-48(51)39-31-25-33-41-53-44-47(43-50)54-42-34-26-32-40-49(52)56-46(37-29-23-19-15-11-7-3)38-30-24-20-16-12-8-4/h43,45-47H,5-42,44H2,1-4H3. The summed E-state index contributed by atoms with van der Waals surface area (Å²) in [5.74, 6) is -0.129. The lowest BCUT2D eigenvalue weighted by Crippen LogP contribution is -2.22. The number of carbonyl (C=O) groups excluding carboxylic acids is 3. The predicted molar refractivity (Wildman–Crippen MR) is 235 cm³/mol. The molecule has 0 rings (SSSR count). The highest BCUT2D eigenvalue weighted by atomic mass is 16.5. The number of rotatable bonds is 46. The zero-order valence-corrected chi connectivity index (χ0v) is 37.7. The average molecular weight is 795 g/mol. The van der Waals surface area contributed by atoms with Crippen molar-refractivity contribution < 1.29 is 33.3 Å². The van der Waals surface area contributed by atoms with Gasteiger partial charge in [0.1, 0.15) is 18.3 Å². The van der Waals surface area contributed by atoms with Gasteiger partial charge in [-0.15, -0.1) is 0 Å². The topological polar surface area (TPSA) is 88.1 Å². The number of esters is 2. The van der Waals surface area contributed by atoms with Crippen molar-refractivity contribution in [3.05, 3.63) is 0 Å². The zero-order valence-electron chi connectivity index (χ0n) is 37.7. The molecule has 0 aliphatic carbocycles. The second-order valence-electron chi connectivity index (χ2n) is 16.7. The first kappa shape index (κ1) is 54.5. The van der Waals surface area contributed by atoms with E-state index >= 15 is 0 Å². The third kappa shape index (κ3) is 39.4. The van der Waals surface area contributed by atoms with E-state index in [0.717, 1.165) is 96.2 Å².